The van der Waals surface area contributed by atoms with Gasteiger partial charge in [0.05, 0.1) is 22.0 Å². The number of aromatic amines is 1. The fourth-order valence-electron chi connectivity index (χ4n) is 2.87. The summed E-state index contributed by atoms with van der Waals surface area (Å²) in [6.45, 7) is 1.68. The minimum absolute atomic E-state index is 0.0436. The molecular weight excluding hydrogens is 322 g/mol. The van der Waals surface area contributed by atoms with Crippen LogP contribution in [0.5, 0.6) is 0 Å². The van der Waals surface area contributed by atoms with Crippen LogP contribution >= 0.6 is 0 Å². The summed E-state index contributed by atoms with van der Waals surface area (Å²) in [4.78, 5) is 25.6. The van der Waals surface area contributed by atoms with Crippen molar-refractivity contribution in [2.75, 3.05) is 11.5 Å². The first kappa shape index (κ1) is 15.5. The molecule has 1 atom stereocenters. The van der Waals surface area contributed by atoms with E-state index in [9.17, 15) is 23.3 Å². The molecule has 0 radical (unpaired) electrons. The van der Waals surface area contributed by atoms with Crippen molar-refractivity contribution in [3.8, 4) is 0 Å². The van der Waals surface area contributed by atoms with E-state index in [2.05, 4.69) is 10.3 Å². The number of nitro groups is 1. The number of carbonyl (C=O) groups excluding carboxylic acids is 1. The minimum atomic E-state index is -3.14. The third-order valence-electron chi connectivity index (χ3n) is 3.99. The van der Waals surface area contributed by atoms with E-state index in [1.165, 1.54) is 12.1 Å². The lowest BCUT2D eigenvalue weighted by Gasteiger charge is -2.23. The molecular formula is C14H15N3O5S. The second kappa shape index (κ2) is 5.05. The standard InChI is InChI=1S/C14H15N3O5S/c1-14(5-6-23(21,22)8-14)16-13(18)10-7-9-3-2-4-11(17(19)20)12(9)15-10/h2-4,7,15H,5-6,8H2,1H3,(H,16,18)/t14-/m0/s1. The molecule has 23 heavy (non-hydrogen) atoms. The molecule has 1 aromatic carbocycles. The van der Waals surface area contributed by atoms with Crippen LogP contribution in [0.25, 0.3) is 10.9 Å². The number of nitro benzene ring substituents is 1. The maximum absolute atomic E-state index is 12.4. The van der Waals surface area contributed by atoms with Crippen LogP contribution in [0.4, 0.5) is 5.69 Å². The topological polar surface area (TPSA) is 122 Å². The van der Waals surface area contributed by atoms with Crippen LogP contribution in [0.1, 0.15) is 23.8 Å². The van der Waals surface area contributed by atoms with Crippen molar-refractivity contribution in [2.24, 2.45) is 0 Å². The smallest absolute Gasteiger partial charge is 0.293 e. The van der Waals surface area contributed by atoms with Gasteiger partial charge in [-0.1, -0.05) is 12.1 Å². The number of para-hydroxylation sites is 1. The molecule has 1 fully saturated rings. The fraction of sp³-hybridized carbons (Fsp3) is 0.357. The molecule has 3 rings (SSSR count). The third-order valence-corrected chi connectivity index (χ3v) is 5.90. The molecule has 2 heterocycles. The van der Waals surface area contributed by atoms with Gasteiger partial charge in [0.1, 0.15) is 11.2 Å². The summed E-state index contributed by atoms with van der Waals surface area (Å²) in [5, 5.41) is 14.3. The number of benzene rings is 1. The maximum atomic E-state index is 12.4. The van der Waals surface area contributed by atoms with Crippen LogP contribution in [-0.4, -0.2) is 41.3 Å². The lowest BCUT2D eigenvalue weighted by molar-refractivity contribution is -0.383. The molecule has 0 bridgehead atoms. The predicted octanol–water partition coefficient (Wildman–Crippen LogP) is 1.38. The van der Waals surface area contributed by atoms with E-state index >= 15 is 0 Å². The van der Waals surface area contributed by atoms with E-state index in [0.717, 1.165) is 0 Å². The average Bonchev–Trinajstić information content (AvgIpc) is 2.99. The Morgan fingerprint density at radius 3 is 2.78 bits per heavy atom. The Morgan fingerprint density at radius 2 is 2.17 bits per heavy atom. The lowest BCUT2D eigenvalue weighted by Crippen LogP contribution is -2.47. The van der Waals surface area contributed by atoms with E-state index in [-0.39, 0.29) is 28.4 Å². The highest BCUT2D eigenvalue weighted by Gasteiger charge is 2.39. The Balaban J connectivity index is 1.90. The minimum Gasteiger partial charge on any atom is -0.345 e. The Hall–Kier alpha value is -2.42. The fourth-order valence-corrected chi connectivity index (χ4v) is 4.96. The normalized spacial score (nSPS) is 23.0. The molecule has 2 N–H and O–H groups in total. The van der Waals surface area contributed by atoms with Crippen LogP contribution in [0.2, 0.25) is 0 Å². The highest BCUT2D eigenvalue weighted by atomic mass is 32.2. The van der Waals surface area contributed by atoms with Gasteiger partial charge in [0.25, 0.3) is 11.6 Å². The largest absolute Gasteiger partial charge is 0.345 e. The van der Waals surface area contributed by atoms with E-state index in [0.29, 0.717) is 11.8 Å². The number of amides is 1. The Kier molecular flexibility index (Phi) is 3.40. The summed E-state index contributed by atoms with van der Waals surface area (Å²) in [5.74, 6) is -0.538. The van der Waals surface area contributed by atoms with Crippen LogP contribution < -0.4 is 5.32 Å². The van der Waals surface area contributed by atoms with Crippen molar-refractivity contribution >= 4 is 32.3 Å². The number of non-ortho nitro benzene ring substituents is 1. The molecule has 0 saturated carbocycles. The van der Waals surface area contributed by atoms with Crippen molar-refractivity contribution in [3.63, 3.8) is 0 Å². The van der Waals surface area contributed by atoms with E-state index in [4.69, 9.17) is 0 Å². The van der Waals surface area contributed by atoms with Gasteiger partial charge in [-0.15, -0.1) is 0 Å². The van der Waals surface area contributed by atoms with Gasteiger partial charge in [-0.05, 0) is 19.4 Å². The summed E-state index contributed by atoms with van der Waals surface area (Å²) in [5.41, 5.74) is -0.498. The zero-order valence-electron chi connectivity index (χ0n) is 12.3. The van der Waals surface area contributed by atoms with Gasteiger partial charge in [-0.25, -0.2) is 8.42 Å². The van der Waals surface area contributed by atoms with Gasteiger partial charge in [0.2, 0.25) is 0 Å². The van der Waals surface area contributed by atoms with Crippen LogP contribution in [0.15, 0.2) is 24.3 Å². The SMILES string of the molecule is C[C@]1(NC(=O)c2cc3cccc([N+](=O)[O-])c3[nH]2)CCS(=O)(=O)C1. The van der Waals surface area contributed by atoms with Crippen LogP contribution in [0.3, 0.4) is 0 Å². The van der Waals surface area contributed by atoms with Gasteiger partial charge in [0, 0.05) is 11.5 Å². The van der Waals surface area contributed by atoms with Gasteiger partial charge in [-0.2, -0.15) is 0 Å². The number of hydrogen-bond acceptors (Lipinski definition) is 5. The van der Waals surface area contributed by atoms with E-state index in [1.807, 2.05) is 0 Å². The Morgan fingerprint density at radius 1 is 1.43 bits per heavy atom. The molecule has 0 spiro atoms. The van der Waals surface area contributed by atoms with Crippen molar-refractivity contribution in [1.82, 2.24) is 10.3 Å². The zero-order chi connectivity index (χ0) is 16.8. The Bertz CT molecular complexity index is 918. The first-order valence-corrected chi connectivity index (χ1v) is 8.80. The molecule has 122 valence electrons. The van der Waals surface area contributed by atoms with Crippen molar-refractivity contribution in [3.05, 3.63) is 40.1 Å². The first-order valence-electron chi connectivity index (χ1n) is 6.98. The first-order chi connectivity index (χ1) is 10.7. The second-order valence-corrected chi connectivity index (χ2v) is 8.22. The number of nitrogens with one attached hydrogen (secondary N) is 2. The number of sulfone groups is 1. The number of aromatic nitrogens is 1. The monoisotopic (exact) mass is 337 g/mol. The molecule has 0 unspecified atom stereocenters. The third kappa shape index (κ3) is 2.91. The van der Waals surface area contributed by atoms with Crippen LogP contribution in [-0.2, 0) is 9.84 Å². The van der Waals surface area contributed by atoms with Gasteiger partial charge in [-0.3, -0.25) is 14.9 Å². The molecule has 8 nitrogen and oxygen atoms in total. The molecule has 1 amide bonds. The predicted molar refractivity (Wildman–Crippen MR) is 84.1 cm³/mol. The summed E-state index contributed by atoms with van der Waals surface area (Å²) in [7, 11) is -3.14. The van der Waals surface area contributed by atoms with Gasteiger partial charge in [0.15, 0.2) is 9.84 Å². The van der Waals surface area contributed by atoms with Gasteiger partial charge >= 0.3 is 0 Å². The quantitative estimate of drug-likeness (QED) is 0.647. The molecule has 2 aromatic rings. The lowest BCUT2D eigenvalue weighted by atomic mass is 10.0. The molecule has 1 saturated heterocycles. The number of H-pyrrole nitrogens is 1. The maximum Gasteiger partial charge on any atom is 0.293 e. The number of rotatable bonds is 3. The Labute approximate surface area is 131 Å². The van der Waals surface area contributed by atoms with E-state index in [1.54, 1.807) is 19.1 Å². The molecule has 1 aliphatic heterocycles. The average molecular weight is 337 g/mol. The van der Waals surface area contributed by atoms with Crippen molar-refractivity contribution < 1.29 is 18.1 Å². The molecule has 9 heteroatoms. The summed E-state index contributed by atoms with van der Waals surface area (Å²) >= 11 is 0. The number of fused-ring (bicyclic) bond motifs is 1. The zero-order valence-corrected chi connectivity index (χ0v) is 13.1. The number of nitrogens with zero attached hydrogens (tertiary/aromatic N) is 1. The highest BCUT2D eigenvalue weighted by Crippen LogP contribution is 2.27. The highest BCUT2D eigenvalue weighted by molar-refractivity contribution is 7.91. The number of hydrogen-bond donors (Lipinski definition) is 2. The molecule has 0 aliphatic carbocycles. The number of carbonyl (C=O) groups is 1. The summed E-state index contributed by atoms with van der Waals surface area (Å²) in [6.07, 6.45) is 0.349. The van der Waals surface area contributed by atoms with Crippen molar-refractivity contribution in [1.29, 1.82) is 0 Å². The second-order valence-electron chi connectivity index (χ2n) is 6.04. The molecule has 1 aromatic heterocycles. The van der Waals surface area contributed by atoms with Gasteiger partial charge < -0.3 is 10.3 Å². The summed E-state index contributed by atoms with van der Waals surface area (Å²) < 4.78 is 23.2. The molecule has 1 aliphatic rings. The van der Waals surface area contributed by atoms with Crippen LogP contribution in [0, 0.1) is 10.1 Å². The summed E-state index contributed by atoms with van der Waals surface area (Å²) in [6, 6.07) is 6.08. The van der Waals surface area contributed by atoms with Crippen molar-refractivity contribution in [2.45, 2.75) is 18.9 Å². The van der Waals surface area contributed by atoms with E-state index < -0.39 is 26.2 Å².